The monoisotopic (exact) mass is 555 g/mol. The number of methoxy groups -OCH3 is 2. The number of anilines is 2. The summed E-state index contributed by atoms with van der Waals surface area (Å²) in [6.07, 6.45) is 7.72. The molecule has 7 nitrogen and oxygen atoms in total. The molecule has 0 atom stereocenters. The van der Waals surface area contributed by atoms with E-state index in [2.05, 4.69) is 71.5 Å². The fourth-order valence-corrected chi connectivity index (χ4v) is 5.35. The Hall–Kier alpha value is -4.10. The SMILES string of the molecule is COc1ccc(/C=C/C2=[N+](CCCCCC(=O)NCCN)c3ccc(Nc4ccccc4)cc3C2(C)C)cc1OC. The van der Waals surface area contributed by atoms with E-state index >= 15 is 0 Å². The molecule has 0 unspecified atom stereocenters. The maximum Gasteiger partial charge on any atom is 0.220 e. The van der Waals surface area contributed by atoms with Crippen molar-refractivity contribution in [3.8, 4) is 11.5 Å². The van der Waals surface area contributed by atoms with Crippen LogP contribution in [0.3, 0.4) is 0 Å². The quantitative estimate of drug-likeness (QED) is 0.164. The number of para-hydroxylation sites is 1. The highest BCUT2D eigenvalue weighted by Crippen LogP contribution is 2.42. The highest BCUT2D eigenvalue weighted by molar-refractivity contribution is 6.05. The minimum Gasteiger partial charge on any atom is -0.493 e. The Kier molecular flexibility index (Phi) is 10.2. The molecule has 7 heteroatoms. The van der Waals surface area contributed by atoms with E-state index in [-0.39, 0.29) is 11.3 Å². The summed E-state index contributed by atoms with van der Waals surface area (Å²) in [5.41, 5.74) is 12.2. The first-order valence-electron chi connectivity index (χ1n) is 14.4. The van der Waals surface area contributed by atoms with Crippen LogP contribution in [-0.2, 0) is 10.2 Å². The van der Waals surface area contributed by atoms with Crippen molar-refractivity contribution in [3.63, 3.8) is 0 Å². The second-order valence-electron chi connectivity index (χ2n) is 10.8. The molecule has 0 aromatic heterocycles. The van der Waals surface area contributed by atoms with Gasteiger partial charge in [0.1, 0.15) is 6.54 Å². The average molecular weight is 556 g/mol. The number of amides is 1. The van der Waals surface area contributed by atoms with Gasteiger partial charge in [0, 0.05) is 55.0 Å². The van der Waals surface area contributed by atoms with Gasteiger partial charge in [-0.1, -0.05) is 24.3 Å². The van der Waals surface area contributed by atoms with Gasteiger partial charge in [-0.25, -0.2) is 0 Å². The van der Waals surface area contributed by atoms with Gasteiger partial charge in [0.25, 0.3) is 0 Å². The van der Waals surface area contributed by atoms with Crippen LogP contribution in [0.5, 0.6) is 11.5 Å². The van der Waals surface area contributed by atoms with Crippen molar-refractivity contribution in [2.24, 2.45) is 5.73 Å². The Balaban J connectivity index is 1.59. The van der Waals surface area contributed by atoms with E-state index < -0.39 is 0 Å². The van der Waals surface area contributed by atoms with Crippen molar-refractivity contribution in [2.45, 2.75) is 44.9 Å². The maximum absolute atomic E-state index is 12.0. The molecule has 1 aliphatic rings. The maximum atomic E-state index is 12.0. The van der Waals surface area contributed by atoms with Gasteiger partial charge in [-0.2, -0.15) is 4.58 Å². The highest BCUT2D eigenvalue weighted by atomic mass is 16.5. The summed E-state index contributed by atoms with van der Waals surface area (Å²) in [6.45, 7) is 6.44. The zero-order valence-corrected chi connectivity index (χ0v) is 24.7. The van der Waals surface area contributed by atoms with Crippen molar-refractivity contribution in [3.05, 3.63) is 83.9 Å². The van der Waals surface area contributed by atoms with E-state index in [4.69, 9.17) is 15.2 Å². The second kappa shape index (κ2) is 14.0. The van der Waals surface area contributed by atoms with Gasteiger partial charge >= 0.3 is 0 Å². The van der Waals surface area contributed by atoms with Crippen molar-refractivity contribution in [1.82, 2.24) is 5.32 Å². The number of carbonyl (C=O) groups is 1. The van der Waals surface area contributed by atoms with Crippen molar-refractivity contribution in [2.75, 3.05) is 39.2 Å². The Bertz CT molecular complexity index is 1400. The first-order chi connectivity index (χ1) is 19.9. The van der Waals surface area contributed by atoms with Crippen LogP contribution in [0, 0.1) is 0 Å². The first-order valence-corrected chi connectivity index (χ1v) is 14.4. The zero-order valence-electron chi connectivity index (χ0n) is 24.7. The smallest absolute Gasteiger partial charge is 0.220 e. The van der Waals surface area contributed by atoms with Gasteiger partial charge in [0.2, 0.25) is 11.6 Å². The predicted molar refractivity (Wildman–Crippen MR) is 168 cm³/mol. The lowest BCUT2D eigenvalue weighted by molar-refractivity contribution is -0.438. The number of benzene rings is 3. The summed E-state index contributed by atoms with van der Waals surface area (Å²) < 4.78 is 13.4. The molecule has 41 heavy (non-hydrogen) atoms. The number of carbonyl (C=O) groups excluding carboxylic acids is 1. The van der Waals surface area contributed by atoms with Crippen LogP contribution >= 0.6 is 0 Å². The Labute approximate surface area is 244 Å². The first kappa shape index (κ1) is 29.9. The number of ether oxygens (including phenoxy) is 2. The number of nitrogens with two attached hydrogens (primary N) is 1. The molecule has 1 amide bonds. The molecule has 3 aromatic carbocycles. The van der Waals surface area contributed by atoms with Crippen LogP contribution in [0.4, 0.5) is 17.1 Å². The number of hydrogen-bond donors (Lipinski definition) is 3. The molecule has 0 radical (unpaired) electrons. The van der Waals surface area contributed by atoms with Crippen molar-refractivity contribution < 1.29 is 18.8 Å². The normalized spacial score (nSPS) is 13.8. The third kappa shape index (κ3) is 7.35. The Morgan fingerprint density at radius 3 is 2.41 bits per heavy atom. The number of rotatable bonds is 14. The van der Waals surface area contributed by atoms with Crippen LogP contribution < -0.4 is 25.8 Å². The van der Waals surface area contributed by atoms with Crippen LogP contribution in [0.1, 0.15) is 50.7 Å². The molecular formula is C34H43N4O3+. The fourth-order valence-electron chi connectivity index (χ4n) is 5.35. The van der Waals surface area contributed by atoms with Crippen LogP contribution in [0.25, 0.3) is 6.08 Å². The van der Waals surface area contributed by atoms with E-state index in [0.29, 0.717) is 31.0 Å². The Morgan fingerprint density at radius 2 is 1.68 bits per heavy atom. The van der Waals surface area contributed by atoms with Crippen LogP contribution in [0.2, 0.25) is 0 Å². The molecule has 1 aliphatic heterocycles. The Morgan fingerprint density at radius 1 is 0.902 bits per heavy atom. The lowest BCUT2D eigenvalue weighted by Crippen LogP contribution is -2.28. The minimum absolute atomic E-state index is 0.0756. The van der Waals surface area contributed by atoms with Gasteiger partial charge in [-0.3, -0.25) is 4.79 Å². The van der Waals surface area contributed by atoms with Gasteiger partial charge in [-0.15, -0.1) is 0 Å². The molecule has 0 saturated heterocycles. The molecule has 0 saturated carbocycles. The number of allylic oxidation sites excluding steroid dienone is 1. The average Bonchev–Trinajstić information content (AvgIpc) is 3.19. The van der Waals surface area contributed by atoms with Crippen molar-refractivity contribution in [1.29, 1.82) is 0 Å². The number of hydrogen-bond acceptors (Lipinski definition) is 5. The molecule has 4 rings (SSSR count). The summed E-state index contributed by atoms with van der Waals surface area (Å²) in [5, 5.41) is 6.41. The van der Waals surface area contributed by atoms with Gasteiger partial charge < -0.3 is 25.8 Å². The van der Waals surface area contributed by atoms with E-state index in [1.807, 2.05) is 36.4 Å². The highest BCUT2D eigenvalue weighted by Gasteiger charge is 2.44. The molecule has 0 bridgehead atoms. The topological polar surface area (TPSA) is 88.6 Å². The molecule has 4 N–H and O–H groups in total. The lowest BCUT2D eigenvalue weighted by Gasteiger charge is -2.17. The summed E-state index contributed by atoms with van der Waals surface area (Å²) in [6, 6.07) is 22.8. The summed E-state index contributed by atoms with van der Waals surface area (Å²) >= 11 is 0. The third-order valence-corrected chi connectivity index (χ3v) is 7.55. The summed E-state index contributed by atoms with van der Waals surface area (Å²) in [7, 11) is 3.30. The van der Waals surface area contributed by atoms with Gasteiger partial charge in [-0.05, 0) is 74.7 Å². The molecule has 3 aromatic rings. The van der Waals surface area contributed by atoms with E-state index in [0.717, 1.165) is 42.7 Å². The molecule has 0 spiro atoms. The zero-order chi connectivity index (χ0) is 29.2. The van der Waals surface area contributed by atoms with Crippen LogP contribution in [0.15, 0.2) is 72.8 Å². The van der Waals surface area contributed by atoms with E-state index in [1.165, 1.54) is 17.0 Å². The molecule has 0 aliphatic carbocycles. The minimum atomic E-state index is -0.209. The standard InChI is InChI=1S/C34H42N4O3/c1-34(2)28-24-27(37-26-11-7-5-8-12-26)16-17-29(28)38(22-10-6-9-13-33(39)36-21-20-35)32(34)19-15-25-14-18-30(40-3)31(23-25)41-4/h5,7-8,11-12,14-19,23-24,37H,6,9-10,13,20-22,35H2,1-4H3/p+1/b19-15+. The largest absolute Gasteiger partial charge is 0.493 e. The van der Waals surface area contributed by atoms with E-state index in [1.54, 1.807) is 14.2 Å². The molecule has 216 valence electrons. The number of nitrogens with one attached hydrogen (secondary N) is 2. The van der Waals surface area contributed by atoms with Crippen molar-refractivity contribution >= 4 is 34.8 Å². The van der Waals surface area contributed by atoms with Gasteiger partial charge in [0.15, 0.2) is 17.2 Å². The summed E-state index contributed by atoms with van der Waals surface area (Å²) in [5.74, 6) is 1.49. The number of nitrogens with zero attached hydrogens (tertiary/aromatic N) is 1. The lowest BCUT2D eigenvalue weighted by atomic mass is 9.81. The number of unbranched alkanes of at least 4 members (excludes halogenated alkanes) is 2. The van der Waals surface area contributed by atoms with E-state index in [9.17, 15) is 4.79 Å². The second-order valence-corrected chi connectivity index (χ2v) is 10.8. The summed E-state index contributed by atoms with van der Waals surface area (Å²) in [4.78, 5) is 12.0. The molecule has 0 fully saturated rings. The molecular weight excluding hydrogens is 512 g/mol. The number of fused-ring (bicyclic) bond motifs is 1. The van der Waals surface area contributed by atoms with Gasteiger partial charge in [0.05, 0.1) is 19.6 Å². The predicted octanol–water partition coefficient (Wildman–Crippen LogP) is 6.17. The molecule has 1 heterocycles. The van der Waals surface area contributed by atoms with Crippen LogP contribution in [-0.4, -0.2) is 50.0 Å². The third-order valence-electron chi connectivity index (χ3n) is 7.55. The fraction of sp³-hybridized carbons (Fsp3) is 0.353.